The number of allylic oxidation sites excluding steroid dienone is 4. The fourth-order valence-electron chi connectivity index (χ4n) is 1.56. The highest BCUT2D eigenvalue weighted by molar-refractivity contribution is 5.89. The molecule has 1 aliphatic rings. The maximum Gasteiger partial charge on any atom is 0.124 e. The summed E-state index contributed by atoms with van der Waals surface area (Å²) in [5, 5.41) is 17.6. The van der Waals surface area contributed by atoms with Gasteiger partial charge >= 0.3 is 0 Å². The smallest absolute Gasteiger partial charge is 0.124 e. The maximum atomic E-state index is 9.53. The first-order chi connectivity index (χ1) is 8.27. The van der Waals surface area contributed by atoms with Gasteiger partial charge in [0.15, 0.2) is 0 Å². The molecule has 0 unspecified atom stereocenters. The summed E-state index contributed by atoms with van der Waals surface area (Å²) in [6.45, 7) is 1.94. The molecule has 0 saturated heterocycles. The van der Waals surface area contributed by atoms with E-state index < -0.39 is 0 Å². The van der Waals surface area contributed by atoms with Gasteiger partial charge in [-0.3, -0.25) is 0 Å². The summed E-state index contributed by atoms with van der Waals surface area (Å²) in [6, 6.07) is 7.04. The quantitative estimate of drug-likeness (QED) is 0.625. The van der Waals surface area contributed by atoms with Crippen molar-refractivity contribution in [1.29, 1.82) is 0 Å². The lowest BCUT2D eigenvalue weighted by molar-refractivity contribution is 0.474. The SMILES string of the molecule is CC(=NN=Cc1ccccc1O)C1C=CC=C1. The molecule has 1 N–H and O–H groups in total. The lowest BCUT2D eigenvalue weighted by Crippen LogP contribution is -2.02. The minimum atomic E-state index is 0.213. The van der Waals surface area contributed by atoms with Crippen LogP contribution in [-0.4, -0.2) is 17.0 Å². The van der Waals surface area contributed by atoms with Crippen molar-refractivity contribution >= 4 is 11.9 Å². The molecular weight excluding hydrogens is 212 g/mol. The van der Waals surface area contributed by atoms with Crippen LogP contribution < -0.4 is 0 Å². The number of hydrogen-bond donors (Lipinski definition) is 1. The molecule has 0 radical (unpaired) electrons. The Morgan fingerprint density at radius 3 is 2.65 bits per heavy atom. The average molecular weight is 226 g/mol. The standard InChI is InChI=1S/C14H14N2O/c1-11(12-6-2-3-7-12)16-15-10-13-8-4-5-9-14(13)17/h2-10,12,17H,1H3. The van der Waals surface area contributed by atoms with Crippen molar-refractivity contribution in [2.24, 2.45) is 16.1 Å². The lowest BCUT2D eigenvalue weighted by Gasteiger charge is -2.01. The number of nitrogens with zero attached hydrogens (tertiary/aromatic N) is 2. The molecule has 0 atom stereocenters. The van der Waals surface area contributed by atoms with Gasteiger partial charge in [-0.2, -0.15) is 10.2 Å². The van der Waals surface area contributed by atoms with Crippen LogP contribution >= 0.6 is 0 Å². The van der Waals surface area contributed by atoms with Crippen molar-refractivity contribution in [3.8, 4) is 5.75 Å². The predicted octanol–water partition coefficient (Wildman–Crippen LogP) is 2.93. The van der Waals surface area contributed by atoms with E-state index in [-0.39, 0.29) is 11.7 Å². The summed E-state index contributed by atoms with van der Waals surface area (Å²) >= 11 is 0. The zero-order valence-electron chi connectivity index (χ0n) is 9.62. The van der Waals surface area contributed by atoms with Gasteiger partial charge in [0.05, 0.1) is 6.21 Å². The van der Waals surface area contributed by atoms with Gasteiger partial charge in [-0.15, -0.1) is 0 Å². The van der Waals surface area contributed by atoms with Crippen LogP contribution in [-0.2, 0) is 0 Å². The summed E-state index contributed by atoms with van der Waals surface area (Å²) in [7, 11) is 0. The van der Waals surface area contributed by atoms with Gasteiger partial charge in [-0.25, -0.2) is 0 Å². The highest BCUT2D eigenvalue weighted by Gasteiger charge is 2.06. The minimum absolute atomic E-state index is 0.213. The first-order valence-corrected chi connectivity index (χ1v) is 5.48. The molecule has 0 amide bonds. The van der Waals surface area contributed by atoms with E-state index in [9.17, 15) is 5.11 Å². The average Bonchev–Trinajstić information content (AvgIpc) is 2.85. The third kappa shape index (κ3) is 2.91. The molecule has 0 fully saturated rings. The first-order valence-electron chi connectivity index (χ1n) is 5.48. The van der Waals surface area contributed by atoms with E-state index in [1.807, 2.05) is 25.1 Å². The van der Waals surface area contributed by atoms with Crippen LogP contribution in [0.4, 0.5) is 0 Å². The second-order valence-corrected chi connectivity index (χ2v) is 3.84. The summed E-state index contributed by atoms with van der Waals surface area (Å²) < 4.78 is 0. The molecule has 0 bridgehead atoms. The van der Waals surface area contributed by atoms with Gasteiger partial charge in [-0.1, -0.05) is 36.4 Å². The molecule has 1 aromatic rings. The second-order valence-electron chi connectivity index (χ2n) is 3.84. The van der Waals surface area contributed by atoms with Gasteiger partial charge in [0.25, 0.3) is 0 Å². The minimum Gasteiger partial charge on any atom is -0.507 e. The highest BCUT2D eigenvalue weighted by Crippen LogP contribution is 2.13. The van der Waals surface area contributed by atoms with Crippen LogP contribution in [0.2, 0.25) is 0 Å². The third-order valence-corrected chi connectivity index (χ3v) is 2.58. The molecule has 0 saturated carbocycles. The monoisotopic (exact) mass is 226 g/mol. The zero-order valence-corrected chi connectivity index (χ0v) is 9.62. The maximum absolute atomic E-state index is 9.53. The summed E-state index contributed by atoms with van der Waals surface area (Å²) in [4.78, 5) is 0. The molecule has 3 heteroatoms. The summed E-state index contributed by atoms with van der Waals surface area (Å²) in [5.41, 5.74) is 1.60. The lowest BCUT2D eigenvalue weighted by atomic mass is 10.1. The fourth-order valence-corrected chi connectivity index (χ4v) is 1.56. The van der Waals surface area contributed by atoms with Crippen molar-refractivity contribution in [3.05, 3.63) is 54.1 Å². The van der Waals surface area contributed by atoms with E-state index in [0.29, 0.717) is 5.56 Å². The molecule has 0 aliphatic heterocycles. The van der Waals surface area contributed by atoms with Crippen molar-refractivity contribution in [3.63, 3.8) is 0 Å². The first kappa shape index (κ1) is 11.3. The topological polar surface area (TPSA) is 45.0 Å². The van der Waals surface area contributed by atoms with Crippen LogP contribution in [0.25, 0.3) is 0 Å². The molecule has 3 nitrogen and oxygen atoms in total. The molecule has 0 heterocycles. The predicted molar refractivity (Wildman–Crippen MR) is 70.6 cm³/mol. The Morgan fingerprint density at radius 2 is 1.94 bits per heavy atom. The third-order valence-electron chi connectivity index (χ3n) is 2.58. The van der Waals surface area contributed by atoms with E-state index >= 15 is 0 Å². The Morgan fingerprint density at radius 1 is 1.24 bits per heavy atom. The van der Waals surface area contributed by atoms with Gasteiger partial charge in [0.2, 0.25) is 0 Å². The highest BCUT2D eigenvalue weighted by atomic mass is 16.3. The Balaban J connectivity index is 2.07. The number of rotatable bonds is 3. The molecule has 2 rings (SSSR count). The molecule has 17 heavy (non-hydrogen) atoms. The Labute approximate surface area is 101 Å². The molecule has 0 aromatic heterocycles. The Kier molecular flexibility index (Phi) is 3.50. The molecular formula is C14H14N2O. The number of benzene rings is 1. The normalized spacial score (nSPS) is 16.2. The van der Waals surface area contributed by atoms with E-state index in [0.717, 1.165) is 5.71 Å². The van der Waals surface area contributed by atoms with Gasteiger partial charge < -0.3 is 5.11 Å². The molecule has 0 spiro atoms. The molecule has 86 valence electrons. The summed E-state index contributed by atoms with van der Waals surface area (Å²) in [5.74, 6) is 0.460. The number of para-hydroxylation sites is 1. The van der Waals surface area contributed by atoms with Crippen molar-refractivity contribution in [1.82, 2.24) is 0 Å². The Hall–Kier alpha value is -2.16. The van der Waals surface area contributed by atoms with Crippen LogP contribution in [0.1, 0.15) is 12.5 Å². The van der Waals surface area contributed by atoms with E-state index in [4.69, 9.17) is 0 Å². The van der Waals surface area contributed by atoms with Crippen LogP contribution in [0.15, 0.2) is 58.8 Å². The van der Waals surface area contributed by atoms with Gasteiger partial charge in [-0.05, 0) is 19.1 Å². The number of aromatic hydroxyl groups is 1. The number of phenols is 1. The molecule has 1 aliphatic carbocycles. The van der Waals surface area contributed by atoms with Crippen LogP contribution in [0, 0.1) is 5.92 Å². The van der Waals surface area contributed by atoms with Gasteiger partial charge in [0, 0.05) is 17.2 Å². The van der Waals surface area contributed by atoms with Crippen molar-refractivity contribution < 1.29 is 5.11 Å². The van der Waals surface area contributed by atoms with Crippen LogP contribution in [0.3, 0.4) is 0 Å². The number of phenolic OH excluding ortho intramolecular Hbond substituents is 1. The van der Waals surface area contributed by atoms with Crippen molar-refractivity contribution in [2.75, 3.05) is 0 Å². The van der Waals surface area contributed by atoms with E-state index in [2.05, 4.69) is 22.4 Å². The summed E-state index contributed by atoms with van der Waals surface area (Å²) in [6.07, 6.45) is 9.68. The largest absolute Gasteiger partial charge is 0.507 e. The van der Waals surface area contributed by atoms with Gasteiger partial charge in [0.1, 0.15) is 5.75 Å². The van der Waals surface area contributed by atoms with Crippen LogP contribution in [0.5, 0.6) is 5.75 Å². The second kappa shape index (κ2) is 5.25. The Bertz CT molecular complexity index is 501. The van der Waals surface area contributed by atoms with E-state index in [1.165, 1.54) is 0 Å². The molecule has 1 aromatic carbocycles. The fraction of sp³-hybridized carbons (Fsp3) is 0.143. The van der Waals surface area contributed by atoms with Crippen molar-refractivity contribution in [2.45, 2.75) is 6.92 Å². The zero-order chi connectivity index (χ0) is 12.1. The number of hydrogen-bond acceptors (Lipinski definition) is 3. The van der Waals surface area contributed by atoms with E-state index in [1.54, 1.807) is 24.4 Å².